The number of halogens is 1. The van der Waals surface area contributed by atoms with Gasteiger partial charge in [-0.15, -0.1) is 0 Å². The smallest absolute Gasteiger partial charge is 0.257 e. The molecule has 6 nitrogen and oxygen atoms in total. The second-order valence-corrected chi connectivity index (χ2v) is 6.20. The summed E-state index contributed by atoms with van der Waals surface area (Å²) in [5.41, 5.74) is 1.10. The first-order valence-corrected chi connectivity index (χ1v) is 8.29. The predicted molar refractivity (Wildman–Crippen MR) is 93.5 cm³/mol. The number of nitrogens with one attached hydrogen (secondary N) is 1. The Kier molecular flexibility index (Phi) is 5.27. The van der Waals surface area contributed by atoms with Crippen molar-refractivity contribution in [1.29, 1.82) is 0 Å². The lowest BCUT2D eigenvalue weighted by Gasteiger charge is -2.33. The minimum atomic E-state index is -0.251. The highest BCUT2D eigenvalue weighted by Crippen LogP contribution is 2.27. The molecule has 2 N–H and O–H groups in total. The highest BCUT2D eigenvalue weighted by molar-refractivity contribution is 6.29. The van der Waals surface area contributed by atoms with Crippen LogP contribution in [0.2, 0.25) is 5.15 Å². The van der Waals surface area contributed by atoms with Crippen LogP contribution in [0.25, 0.3) is 0 Å². The van der Waals surface area contributed by atoms with Gasteiger partial charge in [-0.3, -0.25) is 4.79 Å². The number of hydrogen-bond donors (Lipinski definition) is 2. The number of aliphatic hydroxyl groups is 1. The van der Waals surface area contributed by atoms with Crippen molar-refractivity contribution in [3.63, 3.8) is 0 Å². The van der Waals surface area contributed by atoms with E-state index in [0.717, 1.165) is 31.7 Å². The van der Waals surface area contributed by atoms with Gasteiger partial charge in [0.15, 0.2) is 5.82 Å². The van der Waals surface area contributed by atoms with E-state index < -0.39 is 0 Å². The Morgan fingerprint density at radius 1 is 1.29 bits per heavy atom. The SMILES string of the molecule is O=C(Nc1cccnc1N1CCC(CO)CC1)c1ccc(Cl)nc1. The van der Waals surface area contributed by atoms with Crippen LogP contribution < -0.4 is 10.2 Å². The van der Waals surface area contributed by atoms with Gasteiger partial charge in [-0.25, -0.2) is 9.97 Å². The Labute approximate surface area is 145 Å². The molecule has 24 heavy (non-hydrogen) atoms. The summed E-state index contributed by atoms with van der Waals surface area (Å²) < 4.78 is 0. The molecule has 1 aliphatic rings. The molecule has 0 spiro atoms. The fourth-order valence-electron chi connectivity index (χ4n) is 2.78. The van der Waals surface area contributed by atoms with Crippen LogP contribution in [0.5, 0.6) is 0 Å². The van der Waals surface area contributed by atoms with Crippen LogP contribution in [0.1, 0.15) is 23.2 Å². The van der Waals surface area contributed by atoms with Crippen LogP contribution in [0.3, 0.4) is 0 Å². The van der Waals surface area contributed by atoms with Crippen LogP contribution in [-0.2, 0) is 0 Å². The van der Waals surface area contributed by atoms with Crippen LogP contribution in [-0.4, -0.2) is 40.7 Å². The molecule has 2 aromatic rings. The minimum Gasteiger partial charge on any atom is -0.396 e. The van der Waals surface area contributed by atoms with Gasteiger partial charge >= 0.3 is 0 Å². The monoisotopic (exact) mass is 346 g/mol. The van der Waals surface area contributed by atoms with Gasteiger partial charge in [-0.05, 0) is 43.0 Å². The second-order valence-electron chi connectivity index (χ2n) is 5.81. The van der Waals surface area contributed by atoms with Crippen LogP contribution in [0.15, 0.2) is 36.7 Å². The van der Waals surface area contributed by atoms with Crippen LogP contribution in [0.4, 0.5) is 11.5 Å². The summed E-state index contributed by atoms with van der Waals surface area (Å²) in [7, 11) is 0. The summed E-state index contributed by atoms with van der Waals surface area (Å²) in [4.78, 5) is 22.9. The Hall–Kier alpha value is -2.18. The number of rotatable bonds is 4. The Morgan fingerprint density at radius 3 is 2.75 bits per heavy atom. The van der Waals surface area contributed by atoms with E-state index >= 15 is 0 Å². The zero-order valence-corrected chi connectivity index (χ0v) is 13.9. The summed E-state index contributed by atoms with van der Waals surface area (Å²) >= 11 is 5.75. The van der Waals surface area contributed by atoms with Crippen LogP contribution in [0, 0.1) is 5.92 Å². The quantitative estimate of drug-likeness (QED) is 0.832. The number of carbonyl (C=O) groups excluding carboxylic acids is 1. The summed E-state index contributed by atoms with van der Waals surface area (Å²) in [6.45, 7) is 1.85. The standard InChI is InChI=1S/C17H19ClN4O2/c18-15-4-3-13(10-20-15)17(24)21-14-2-1-7-19-16(14)22-8-5-12(11-23)6-9-22/h1-4,7,10,12,23H,5-6,8-9,11H2,(H,21,24). The van der Waals surface area contributed by atoms with Crippen molar-refractivity contribution in [3.05, 3.63) is 47.4 Å². The van der Waals surface area contributed by atoms with Crippen molar-refractivity contribution in [3.8, 4) is 0 Å². The molecule has 0 aliphatic carbocycles. The topological polar surface area (TPSA) is 78.4 Å². The van der Waals surface area contributed by atoms with Gasteiger partial charge in [0.25, 0.3) is 5.91 Å². The summed E-state index contributed by atoms with van der Waals surface area (Å²) in [6, 6.07) is 6.84. The lowest BCUT2D eigenvalue weighted by atomic mass is 9.98. The minimum absolute atomic E-state index is 0.225. The first-order chi connectivity index (χ1) is 11.7. The molecule has 3 rings (SSSR count). The predicted octanol–water partition coefficient (Wildman–Crippen LogP) is 2.59. The summed E-state index contributed by atoms with van der Waals surface area (Å²) in [6.07, 6.45) is 5.00. The molecular weight excluding hydrogens is 328 g/mol. The maximum Gasteiger partial charge on any atom is 0.257 e. The van der Waals surface area contributed by atoms with Gasteiger partial charge in [0, 0.05) is 32.1 Å². The Balaban J connectivity index is 1.74. The molecule has 0 saturated carbocycles. The fourth-order valence-corrected chi connectivity index (χ4v) is 2.89. The highest BCUT2D eigenvalue weighted by atomic mass is 35.5. The van der Waals surface area contributed by atoms with Crippen molar-refractivity contribution in [2.24, 2.45) is 5.92 Å². The lowest BCUT2D eigenvalue weighted by molar-refractivity contribution is 0.102. The molecule has 0 radical (unpaired) electrons. The molecule has 0 bridgehead atoms. The number of pyridine rings is 2. The van der Waals surface area contributed by atoms with E-state index in [1.54, 1.807) is 24.4 Å². The average Bonchev–Trinajstić information content (AvgIpc) is 2.63. The number of amides is 1. The first-order valence-electron chi connectivity index (χ1n) is 7.91. The third-order valence-electron chi connectivity index (χ3n) is 4.20. The molecule has 0 aromatic carbocycles. The number of nitrogens with zero attached hydrogens (tertiary/aromatic N) is 3. The Bertz CT molecular complexity index is 700. The molecule has 1 fully saturated rings. The normalized spacial score (nSPS) is 15.3. The number of carbonyl (C=O) groups is 1. The van der Waals surface area contributed by atoms with Gasteiger partial charge in [-0.1, -0.05) is 11.6 Å². The van der Waals surface area contributed by atoms with E-state index in [0.29, 0.717) is 22.3 Å². The summed E-state index contributed by atoms with van der Waals surface area (Å²) in [5.74, 6) is 0.853. The van der Waals surface area contributed by atoms with Gasteiger partial charge in [0.2, 0.25) is 0 Å². The van der Waals surface area contributed by atoms with Crippen LogP contribution >= 0.6 is 11.6 Å². The van der Waals surface area contributed by atoms with E-state index in [-0.39, 0.29) is 12.5 Å². The maximum absolute atomic E-state index is 12.4. The molecule has 126 valence electrons. The van der Waals surface area contributed by atoms with Gasteiger partial charge in [0.1, 0.15) is 5.15 Å². The number of anilines is 2. The largest absolute Gasteiger partial charge is 0.396 e. The van der Waals surface area contributed by atoms with Gasteiger partial charge in [0.05, 0.1) is 11.3 Å². The second kappa shape index (κ2) is 7.59. The number of piperidine rings is 1. The van der Waals surface area contributed by atoms with Crippen molar-refractivity contribution in [1.82, 2.24) is 9.97 Å². The van der Waals surface area contributed by atoms with E-state index in [4.69, 9.17) is 11.6 Å². The molecule has 7 heteroatoms. The molecule has 0 unspecified atom stereocenters. The third kappa shape index (κ3) is 3.83. The van der Waals surface area contributed by atoms with Crippen molar-refractivity contribution in [2.75, 3.05) is 29.9 Å². The first kappa shape index (κ1) is 16.7. The average molecular weight is 347 g/mol. The van der Waals surface area contributed by atoms with Crippen molar-refractivity contribution < 1.29 is 9.90 Å². The fraction of sp³-hybridized carbons (Fsp3) is 0.353. The molecule has 3 heterocycles. The number of hydrogen-bond acceptors (Lipinski definition) is 5. The zero-order chi connectivity index (χ0) is 16.9. The molecule has 2 aromatic heterocycles. The van der Waals surface area contributed by atoms with Crippen molar-refractivity contribution in [2.45, 2.75) is 12.8 Å². The third-order valence-corrected chi connectivity index (χ3v) is 4.42. The molecule has 1 saturated heterocycles. The molecule has 0 atom stereocenters. The number of aromatic nitrogens is 2. The van der Waals surface area contributed by atoms with E-state index in [1.165, 1.54) is 6.20 Å². The lowest BCUT2D eigenvalue weighted by Crippen LogP contribution is -2.35. The summed E-state index contributed by atoms with van der Waals surface area (Å²) in [5, 5.41) is 12.5. The van der Waals surface area contributed by atoms with E-state index in [9.17, 15) is 9.90 Å². The maximum atomic E-state index is 12.4. The van der Waals surface area contributed by atoms with E-state index in [2.05, 4.69) is 20.2 Å². The van der Waals surface area contributed by atoms with Gasteiger partial charge < -0.3 is 15.3 Å². The molecular formula is C17H19ClN4O2. The zero-order valence-electron chi connectivity index (χ0n) is 13.2. The Morgan fingerprint density at radius 2 is 2.08 bits per heavy atom. The van der Waals surface area contributed by atoms with Crippen molar-refractivity contribution >= 4 is 29.0 Å². The highest BCUT2D eigenvalue weighted by Gasteiger charge is 2.22. The van der Waals surface area contributed by atoms with Gasteiger partial charge in [-0.2, -0.15) is 0 Å². The number of aliphatic hydroxyl groups excluding tert-OH is 1. The molecule has 1 amide bonds. The molecule has 1 aliphatic heterocycles. The van der Waals surface area contributed by atoms with E-state index in [1.807, 2.05) is 6.07 Å².